The van der Waals surface area contributed by atoms with E-state index in [4.69, 9.17) is 5.11 Å². The number of carboxylic acid groups (broad SMARTS) is 1. The molecule has 0 spiro atoms. The average Bonchev–Trinajstić information content (AvgIpc) is 2.03. The van der Waals surface area contributed by atoms with Gasteiger partial charge in [-0.3, -0.25) is 4.79 Å². The predicted octanol–water partition coefficient (Wildman–Crippen LogP) is -0.585. The molecule has 7 heteroatoms. The highest BCUT2D eigenvalue weighted by atomic mass is 32.2. The fourth-order valence-corrected chi connectivity index (χ4v) is 2.03. The van der Waals surface area contributed by atoms with Gasteiger partial charge in [-0.15, -0.1) is 0 Å². The zero-order valence-corrected chi connectivity index (χ0v) is 9.00. The highest BCUT2D eigenvalue weighted by molar-refractivity contribution is 7.89. The lowest BCUT2D eigenvalue weighted by molar-refractivity contribution is -0.138. The van der Waals surface area contributed by atoms with Gasteiger partial charge in [0.1, 0.15) is 6.04 Å². The molecule has 0 amide bonds. The van der Waals surface area contributed by atoms with Gasteiger partial charge >= 0.3 is 5.97 Å². The fraction of sp³-hybridized carbons (Fsp3) is 0.857. The van der Waals surface area contributed by atoms with Crippen molar-refractivity contribution in [2.45, 2.75) is 19.4 Å². The van der Waals surface area contributed by atoms with Crippen molar-refractivity contribution >= 4 is 16.0 Å². The van der Waals surface area contributed by atoms with E-state index in [1.807, 2.05) is 4.72 Å². The number of carboxylic acids is 1. The van der Waals surface area contributed by atoms with Crippen LogP contribution in [0.1, 0.15) is 13.3 Å². The molecule has 2 N–H and O–H groups in total. The molecule has 6 nitrogen and oxygen atoms in total. The van der Waals surface area contributed by atoms with E-state index >= 15 is 0 Å². The molecule has 0 rings (SSSR count). The van der Waals surface area contributed by atoms with Gasteiger partial charge in [-0.2, -0.15) is 0 Å². The lowest BCUT2D eigenvalue weighted by Crippen LogP contribution is -2.39. The number of hydrogen-bond donors (Lipinski definition) is 2. The summed E-state index contributed by atoms with van der Waals surface area (Å²) in [6, 6.07) is -1.09. The second kappa shape index (κ2) is 5.94. The maximum absolute atomic E-state index is 11.2. The topological polar surface area (TPSA) is 92.7 Å². The van der Waals surface area contributed by atoms with E-state index in [9.17, 15) is 13.2 Å². The summed E-state index contributed by atoms with van der Waals surface area (Å²) in [6.07, 6.45) is 0.345. The van der Waals surface area contributed by atoms with Gasteiger partial charge in [0.25, 0.3) is 0 Å². The summed E-state index contributed by atoms with van der Waals surface area (Å²) >= 11 is 0. The first-order valence-electron chi connectivity index (χ1n) is 4.11. The summed E-state index contributed by atoms with van der Waals surface area (Å²) in [5.74, 6) is -1.32. The molecule has 84 valence electrons. The van der Waals surface area contributed by atoms with E-state index in [2.05, 4.69) is 4.74 Å². The number of ether oxygens (including phenoxy) is 1. The van der Waals surface area contributed by atoms with Crippen LogP contribution in [0.2, 0.25) is 0 Å². The van der Waals surface area contributed by atoms with Crippen LogP contribution < -0.4 is 4.72 Å². The first kappa shape index (κ1) is 13.3. The average molecular weight is 225 g/mol. The van der Waals surface area contributed by atoms with Crippen LogP contribution in [0.5, 0.6) is 0 Å². The van der Waals surface area contributed by atoms with E-state index in [1.165, 1.54) is 14.0 Å². The van der Waals surface area contributed by atoms with Gasteiger partial charge in [0.15, 0.2) is 0 Å². The monoisotopic (exact) mass is 225 g/mol. The third kappa shape index (κ3) is 5.90. The second-order valence-corrected chi connectivity index (χ2v) is 4.72. The molecule has 1 atom stereocenters. The van der Waals surface area contributed by atoms with Gasteiger partial charge in [-0.1, -0.05) is 0 Å². The largest absolute Gasteiger partial charge is 0.480 e. The molecule has 0 aromatic heterocycles. The normalized spacial score (nSPS) is 13.9. The minimum atomic E-state index is -3.51. The summed E-state index contributed by atoms with van der Waals surface area (Å²) in [5, 5.41) is 8.47. The molecule has 0 aliphatic rings. The van der Waals surface area contributed by atoms with E-state index in [-0.39, 0.29) is 5.75 Å². The molecule has 0 fully saturated rings. The third-order valence-electron chi connectivity index (χ3n) is 1.49. The number of methoxy groups -OCH3 is 1. The van der Waals surface area contributed by atoms with Crippen LogP contribution in [0.15, 0.2) is 0 Å². The number of sulfonamides is 1. The highest BCUT2D eigenvalue weighted by Crippen LogP contribution is 1.93. The molecular weight excluding hydrogens is 210 g/mol. The van der Waals surface area contributed by atoms with Crippen molar-refractivity contribution in [1.82, 2.24) is 4.72 Å². The number of rotatable bonds is 7. The van der Waals surface area contributed by atoms with Gasteiger partial charge in [0.2, 0.25) is 10.0 Å². The number of carbonyl (C=O) groups is 1. The Morgan fingerprint density at radius 1 is 1.57 bits per heavy atom. The van der Waals surface area contributed by atoms with Crippen molar-refractivity contribution in [3.63, 3.8) is 0 Å². The van der Waals surface area contributed by atoms with Crippen molar-refractivity contribution in [1.29, 1.82) is 0 Å². The minimum Gasteiger partial charge on any atom is -0.480 e. The molecule has 0 aliphatic heterocycles. The third-order valence-corrected chi connectivity index (χ3v) is 3.03. The number of aliphatic carboxylic acids is 1. The molecule has 0 aliphatic carbocycles. The Morgan fingerprint density at radius 3 is 2.57 bits per heavy atom. The van der Waals surface area contributed by atoms with Crippen molar-refractivity contribution in [2.24, 2.45) is 0 Å². The smallest absolute Gasteiger partial charge is 0.321 e. The van der Waals surface area contributed by atoms with E-state index in [1.54, 1.807) is 0 Å². The van der Waals surface area contributed by atoms with Gasteiger partial charge < -0.3 is 9.84 Å². The van der Waals surface area contributed by atoms with E-state index in [0.29, 0.717) is 13.0 Å². The molecule has 0 aromatic rings. The van der Waals surface area contributed by atoms with Crippen LogP contribution in [-0.2, 0) is 19.6 Å². The lowest BCUT2D eigenvalue weighted by Gasteiger charge is -2.09. The molecular formula is C7H15NO5S. The Hall–Kier alpha value is -0.660. The quantitative estimate of drug-likeness (QED) is 0.565. The van der Waals surface area contributed by atoms with Crippen LogP contribution in [-0.4, -0.2) is 45.0 Å². The minimum absolute atomic E-state index is 0.127. The van der Waals surface area contributed by atoms with Gasteiger partial charge in [-0.25, -0.2) is 13.1 Å². The molecule has 0 unspecified atom stereocenters. The molecule has 0 heterocycles. The first-order valence-corrected chi connectivity index (χ1v) is 5.76. The standard InChI is InChI=1S/C7H15NO5S/c1-6(7(9)10)8-14(11,12)5-3-4-13-2/h6,8H,3-5H2,1-2H3,(H,9,10)/t6-/m1/s1. The Balaban J connectivity index is 4.01. The molecule has 0 aromatic carbocycles. The Morgan fingerprint density at radius 2 is 2.14 bits per heavy atom. The van der Waals surface area contributed by atoms with Crippen LogP contribution in [0.4, 0.5) is 0 Å². The summed E-state index contributed by atoms with van der Waals surface area (Å²) in [5.41, 5.74) is 0. The molecule has 0 saturated heterocycles. The van der Waals surface area contributed by atoms with Crippen LogP contribution in [0.3, 0.4) is 0 Å². The Labute approximate surface area is 83.3 Å². The van der Waals surface area contributed by atoms with Crippen molar-refractivity contribution in [3.8, 4) is 0 Å². The predicted molar refractivity (Wildman–Crippen MR) is 50.5 cm³/mol. The van der Waals surface area contributed by atoms with Crippen LogP contribution in [0.25, 0.3) is 0 Å². The SMILES string of the molecule is COCCCS(=O)(=O)N[C@H](C)C(=O)O. The zero-order valence-electron chi connectivity index (χ0n) is 8.19. The summed E-state index contributed by atoms with van der Waals surface area (Å²) in [4.78, 5) is 10.4. The van der Waals surface area contributed by atoms with E-state index in [0.717, 1.165) is 0 Å². The van der Waals surface area contributed by atoms with Crippen molar-refractivity contribution < 1.29 is 23.1 Å². The van der Waals surface area contributed by atoms with Crippen molar-refractivity contribution in [2.75, 3.05) is 19.5 Å². The van der Waals surface area contributed by atoms with Gasteiger partial charge in [0.05, 0.1) is 5.75 Å². The van der Waals surface area contributed by atoms with Gasteiger partial charge in [0, 0.05) is 13.7 Å². The molecule has 0 radical (unpaired) electrons. The molecule has 0 saturated carbocycles. The van der Waals surface area contributed by atoms with Crippen LogP contribution in [0, 0.1) is 0 Å². The van der Waals surface area contributed by atoms with E-state index < -0.39 is 22.0 Å². The Bertz CT molecular complexity index is 274. The first-order chi connectivity index (χ1) is 6.39. The summed E-state index contributed by atoms with van der Waals surface area (Å²) < 4.78 is 29.1. The second-order valence-electron chi connectivity index (χ2n) is 2.84. The fourth-order valence-electron chi connectivity index (χ4n) is 0.772. The maximum Gasteiger partial charge on any atom is 0.321 e. The summed E-state index contributed by atoms with van der Waals surface area (Å²) in [7, 11) is -2.04. The lowest BCUT2D eigenvalue weighted by atomic mass is 10.4. The number of nitrogens with one attached hydrogen (secondary N) is 1. The van der Waals surface area contributed by atoms with Crippen LogP contribution >= 0.6 is 0 Å². The number of hydrogen-bond acceptors (Lipinski definition) is 4. The van der Waals surface area contributed by atoms with Crippen molar-refractivity contribution in [3.05, 3.63) is 0 Å². The molecule has 0 bridgehead atoms. The zero-order chi connectivity index (χ0) is 11.2. The van der Waals surface area contributed by atoms with Gasteiger partial charge in [-0.05, 0) is 13.3 Å². The highest BCUT2D eigenvalue weighted by Gasteiger charge is 2.18. The molecule has 14 heavy (non-hydrogen) atoms. The maximum atomic E-state index is 11.2. The summed E-state index contributed by atoms with van der Waals surface area (Å²) in [6.45, 7) is 1.61. The Kier molecular flexibility index (Phi) is 5.66.